The number of benzene rings is 3. The van der Waals surface area contributed by atoms with Crippen LogP contribution in [0.5, 0.6) is 11.5 Å². The molecule has 6 heteroatoms. The highest BCUT2D eigenvalue weighted by Crippen LogP contribution is 2.31. The van der Waals surface area contributed by atoms with Crippen molar-refractivity contribution in [1.82, 2.24) is 0 Å². The minimum absolute atomic E-state index is 0.206. The van der Waals surface area contributed by atoms with E-state index >= 15 is 0 Å². The molecule has 0 bridgehead atoms. The maximum Gasteiger partial charge on any atom is 0.363 e. The fraction of sp³-hybridized carbons (Fsp3) is 0.185. The number of carbonyl (C=O) groups excluding carboxylic acids is 1. The molecule has 1 aliphatic rings. The minimum Gasteiger partial charge on any atom is -0.490 e. The van der Waals surface area contributed by atoms with E-state index in [4.69, 9.17) is 25.8 Å². The fourth-order valence-corrected chi connectivity index (χ4v) is 3.56. The van der Waals surface area contributed by atoms with Crippen molar-refractivity contribution >= 4 is 29.5 Å². The number of aryl methyl sites for hydroxylation is 2. The quantitative estimate of drug-likeness (QED) is 0.307. The predicted octanol–water partition coefficient (Wildman–Crippen LogP) is 6.28. The average molecular weight is 462 g/mol. The molecule has 0 unspecified atom stereocenters. The normalized spacial score (nSPS) is 14.2. The molecule has 0 fully saturated rings. The van der Waals surface area contributed by atoms with E-state index in [1.807, 2.05) is 69.3 Å². The SMILES string of the molecule is CCOc1cc(/C=C2/N=C(c3ccc(C)c(Cl)c3)OC2=O)ccc1OCc1cccc(C)c1. The van der Waals surface area contributed by atoms with Crippen molar-refractivity contribution in [2.24, 2.45) is 4.99 Å². The molecule has 0 saturated carbocycles. The summed E-state index contributed by atoms with van der Waals surface area (Å²) < 4.78 is 17.1. The summed E-state index contributed by atoms with van der Waals surface area (Å²) in [5.41, 5.74) is 4.80. The third kappa shape index (κ3) is 5.44. The summed E-state index contributed by atoms with van der Waals surface area (Å²) in [6.45, 7) is 6.78. The molecule has 1 aliphatic heterocycles. The summed E-state index contributed by atoms with van der Waals surface area (Å²) in [6, 6.07) is 19.1. The zero-order valence-corrected chi connectivity index (χ0v) is 19.5. The Balaban J connectivity index is 1.56. The maximum absolute atomic E-state index is 12.4. The van der Waals surface area contributed by atoms with Gasteiger partial charge in [0.25, 0.3) is 0 Å². The van der Waals surface area contributed by atoms with Crippen LogP contribution >= 0.6 is 11.6 Å². The maximum atomic E-state index is 12.4. The van der Waals surface area contributed by atoms with Gasteiger partial charge in [-0.3, -0.25) is 0 Å². The number of rotatable bonds is 7. The third-order valence-corrected chi connectivity index (χ3v) is 5.49. The van der Waals surface area contributed by atoms with Crippen LogP contribution in [0.3, 0.4) is 0 Å². The van der Waals surface area contributed by atoms with E-state index in [1.165, 1.54) is 5.56 Å². The van der Waals surface area contributed by atoms with Crippen molar-refractivity contribution < 1.29 is 19.0 Å². The van der Waals surface area contributed by atoms with Gasteiger partial charge in [-0.25, -0.2) is 9.79 Å². The minimum atomic E-state index is -0.514. The van der Waals surface area contributed by atoms with Crippen molar-refractivity contribution in [2.45, 2.75) is 27.4 Å². The van der Waals surface area contributed by atoms with Gasteiger partial charge in [0.05, 0.1) is 6.61 Å². The number of aliphatic imine (C=N–C) groups is 1. The van der Waals surface area contributed by atoms with E-state index < -0.39 is 5.97 Å². The first-order chi connectivity index (χ1) is 15.9. The Bertz CT molecular complexity index is 1260. The number of cyclic esters (lactones) is 1. The summed E-state index contributed by atoms with van der Waals surface area (Å²) in [4.78, 5) is 16.7. The summed E-state index contributed by atoms with van der Waals surface area (Å²) >= 11 is 6.19. The highest BCUT2D eigenvalue weighted by molar-refractivity contribution is 6.31. The van der Waals surface area contributed by atoms with E-state index in [-0.39, 0.29) is 11.6 Å². The van der Waals surface area contributed by atoms with Crippen LogP contribution in [-0.4, -0.2) is 18.5 Å². The number of nitrogens with zero attached hydrogens (tertiary/aromatic N) is 1. The van der Waals surface area contributed by atoms with Crippen LogP contribution in [0.1, 0.15) is 34.7 Å². The number of esters is 1. The van der Waals surface area contributed by atoms with E-state index in [0.717, 1.165) is 16.7 Å². The van der Waals surface area contributed by atoms with E-state index in [1.54, 1.807) is 12.1 Å². The molecule has 0 aromatic heterocycles. The van der Waals surface area contributed by atoms with Crippen LogP contribution < -0.4 is 9.47 Å². The highest BCUT2D eigenvalue weighted by atomic mass is 35.5. The van der Waals surface area contributed by atoms with Crippen LogP contribution in [0, 0.1) is 13.8 Å². The number of ether oxygens (including phenoxy) is 3. The van der Waals surface area contributed by atoms with Crippen molar-refractivity contribution in [3.8, 4) is 11.5 Å². The number of hydrogen-bond donors (Lipinski definition) is 0. The van der Waals surface area contributed by atoms with Crippen molar-refractivity contribution in [2.75, 3.05) is 6.61 Å². The molecule has 0 saturated heterocycles. The highest BCUT2D eigenvalue weighted by Gasteiger charge is 2.24. The monoisotopic (exact) mass is 461 g/mol. The Hall–Kier alpha value is -3.57. The topological polar surface area (TPSA) is 57.1 Å². The van der Waals surface area contributed by atoms with Crippen LogP contribution in [0.25, 0.3) is 6.08 Å². The standard InChI is InChI=1S/C27H24ClNO4/c1-4-31-25-14-19(9-11-24(25)32-16-20-7-5-6-17(2)12-20)13-23-27(30)33-26(29-23)21-10-8-18(3)22(28)15-21/h5-15H,4,16H2,1-3H3/b23-13+. The largest absolute Gasteiger partial charge is 0.490 e. The lowest BCUT2D eigenvalue weighted by Crippen LogP contribution is -2.05. The molecule has 168 valence electrons. The Kier molecular flexibility index (Phi) is 6.80. The molecule has 0 atom stereocenters. The Morgan fingerprint density at radius 1 is 1.00 bits per heavy atom. The Labute approximate surface area is 198 Å². The molecule has 1 heterocycles. The van der Waals surface area contributed by atoms with Crippen molar-refractivity contribution in [1.29, 1.82) is 0 Å². The Morgan fingerprint density at radius 3 is 2.61 bits per heavy atom. The molecule has 0 amide bonds. The molecular weight excluding hydrogens is 438 g/mol. The summed E-state index contributed by atoms with van der Waals surface area (Å²) in [6.07, 6.45) is 1.66. The molecule has 3 aromatic carbocycles. The molecule has 0 aliphatic carbocycles. The smallest absolute Gasteiger partial charge is 0.363 e. The molecular formula is C27H24ClNO4. The van der Waals surface area contributed by atoms with Crippen molar-refractivity contribution in [3.63, 3.8) is 0 Å². The number of hydrogen-bond acceptors (Lipinski definition) is 5. The zero-order chi connectivity index (χ0) is 23.4. The first-order valence-corrected chi connectivity index (χ1v) is 11.0. The fourth-order valence-electron chi connectivity index (χ4n) is 3.38. The summed E-state index contributed by atoms with van der Waals surface area (Å²) in [5, 5.41) is 0.589. The van der Waals surface area contributed by atoms with Gasteiger partial charge in [0, 0.05) is 10.6 Å². The lowest BCUT2D eigenvalue weighted by molar-refractivity contribution is -0.129. The zero-order valence-electron chi connectivity index (χ0n) is 18.7. The molecule has 4 rings (SSSR count). The van der Waals surface area contributed by atoms with E-state index in [2.05, 4.69) is 11.1 Å². The first kappa shape index (κ1) is 22.6. The molecule has 3 aromatic rings. The second kappa shape index (κ2) is 9.92. The van der Waals surface area contributed by atoms with E-state index in [0.29, 0.717) is 35.3 Å². The summed E-state index contributed by atoms with van der Waals surface area (Å²) in [7, 11) is 0. The van der Waals surface area contributed by atoms with Gasteiger partial charge in [-0.1, -0.05) is 53.6 Å². The van der Waals surface area contributed by atoms with Gasteiger partial charge in [0.1, 0.15) is 6.61 Å². The van der Waals surface area contributed by atoms with Gasteiger partial charge in [-0.15, -0.1) is 0 Å². The summed E-state index contributed by atoms with van der Waals surface area (Å²) in [5.74, 6) is 0.948. The average Bonchev–Trinajstić information content (AvgIpc) is 3.15. The third-order valence-electron chi connectivity index (χ3n) is 5.09. The van der Waals surface area contributed by atoms with Crippen LogP contribution in [-0.2, 0) is 16.1 Å². The number of halogens is 1. The molecule has 0 spiro atoms. The first-order valence-electron chi connectivity index (χ1n) is 10.7. The van der Waals surface area contributed by atoms with Crippen LogP contribution in [0.4, 0.5) is 0 Å². The second-order valence-electron chi connectivity index (χ2n) is 7.72. The van der Waals surface area contributed by atoms with Crippen LogP contribution in [0.15, 0.2) is 71.4 Å². The Morgan fingerprint density at radius 2 is 1.85 bits per heavy atom. The number of carbonyl (C=O) groups is 1. The van der Waals surface area contributed by atoms with Gasteiger partial charge in [0.2, 0.25) is 5.90 Å². The molecule has 33 heavy (non-hydrogen) atoms. The van der Waals surface area contributed by atoms with Crippen molar-refractivity contribution in [3.05, 3.63) is 99.2 Å². The second-order valence-corrected chi connectivity index (χ2v) is 8.12. The molecule has 0 N–H and O–H groups in total. The van der Waals surface area contributed by atoms with Gasteiger partial charge in [0.15, 0.2) is 17.2 Å². The molecule has 0 radical (unpaired) electrons. The van der Waals surface area contributed by atoms with Gasteiger partial charge >= 0.3 is 5.97 Å². The van der Waals surface area contributed by atoms with Crippen LogP contribution in [0.2, 0.25) is 5.02 Å². The predicted molar refractivity (Wildman–Crippen MR) is 130 cm³/mol. The lowest BCUT2D eigenvalue weighted by Gasteiger charge is -2.13. The van der Waals surface area contributed by atoms with E-state index in [9.17, 15) is 4.79 Å². The van der Waals surface area contributed by atoms with Gasteiger partial charge < -0.3 is 14.2 Å². The molecule has 5 nitrogen and oxygen atoms in total. The van der Waals surface area contributed by atoms with Gasteiger partial charge in [-0.05, 0) is 67.8 Å². The van der Waals surface area contributed by atoms with Gasteiger partial charge in [-0.2, -0.15) is 0 Å². The lowest BCUT2D eigenvalue weighted by atomic mass is 10.1.